The fourth-order valence-electron chi connectivity index (χ4n) is 3.76. The van der Waals surface area contributed by atoms with Gasteiger partial charge in [-0.1, -0.05) is 24.3 Å². The molecule has 0 saturated heterocycles. The Balaban J connectivity index is 1.60. The van der Waals surface area contributed by atoms with E-state index in [4.69, 9.17) is 0 Å². The van der Waals surface area contributed by atoms with E-state index in [1.807, 2.05) is 11.8 Å². The van der Waals surface area contributed by atoms with Crippen LogP contribution in [0.15, 0.2) is 38.8 Å². The largest absolute Gasteiger partial charge is 0.416 e. The van der Waals surface area contributed by atoms with Crippen molar-refractivity contribution >= 4 is 21.6 Å². The lowest BCUT2D eigenvalue weighted by Crippen LogP contribution is -2.33. The molecule has 0 bridgehead atoms. The summed E-state index contributed by atoms with van der Waals surface area (Å²) in [6.45, 7) is 2.94. The number of alkyl halides is 3. The second-order valence-corrected chi connectivity index (χ2v) is 8.06. The maximum absolute atomic E-state index is 13.4. The average molecular weight is 471 g/mol. The van der Waals surface area contributed by atoms with Gasteiger partial charge in [0.05, 0.1) is 36.2 Å². The van der Waals surface area contributed by atoms with E-state index in [2.05, 4.69) is 36.4 Å². The van der Waals surface area contributed by atoms with Crippen LogP contribution in [0, 0.1) is 5.92 Å². The number of fused-ring (bicyclic) bond motifs is 1. The Hall–Kier alpha value is -2.43. The number of rotatable bonds is 3. The van der Waals surface area contributed by atoms with Crippen molar-refractivity contribution in [1.82, 2.24) is 25.2 Å². The van der Waals surface area contributed by atoms with Crippen LogP contribution in [0.1, 0.15) is 24.7 Å². The van der Waals surface area contributed by atoms with E-state index in [1.165, 1.54) is 6.08 Å². The first kappa shape index (κ1) is 19.9. The summed E-state index contributed by atoms with van der Waals surface area (Å²) in [5, 5.41) is 14.5. The number of H-pyrrole nitrogens is 1. The van der Waals surface area contributed by atoms with Crippen molar-refractivity contribution in [1.29, 1.82) is 0 Å². The van der Waals surface area contributed by atoms with Crippen LogP contribution in [0.4, 0.5) is 18.9 Å². The van der Waals surface area contributed by atoms with Crippen molar-refractivity contribution in [3.63, 3.8) is 0 Å². The van der Waals surface area contributed by atoms with Crippen LogP contribution in [0.3, 0.4) is 0 Å². The molecule has 29 heavy (non-hydrogen) atoms. The molecule has 0 saturated carbocycles. The van der Waals surface area contributed by atoms with Crippen molar-refractivity contribution in [2.75, 3.05) is 11.4 Å². The molecule has 2 aromatic rings. The zero-order valence-electron chi connectivity index (χ0n) is 15.5. The predicted octanol–water partition coefficient (Wildman–Crippen LogP) is 3.14. The van der Waals surface area contributed by atoms with Crippen molar-refractivity contribution in [2.24, 2.45) is 5.92 Å². The molecule has 1 aliphatic carbocycles. The number of nitrogens with one attached hydrogen (secondary N) is 1. The van der Waals surface area contributed by atoms with E-state index in [0.29, 0.717) is 47.4 Å². The third kappa shape index (κ3) is 3.87. The fourth-order valence-corrected chi connectivity index (χ4v) is 4.21. The van der Waals surface area contributed by atoms with E-state index in [-0.39, 0.29) is 18.0 Å². The van der Waals surface area contributed by atoms with Crippen LogP contribution < -0.4 is 10.5 Å². The van der Waals surface area contributed by atoms with Crippen LogP contribution in [0.2, 0.25) is 0 Å². The molecule has 0 radical (unpaired) electrons. The lowest BCUT2D eigenvalue weighted by molar-refractivity contribution is -0.0897. The maximum atomic E-state index is 13.4. The Kier molecular flexibility index (Phi) is 5.09. The van der Waals surface area contributed by atoms with Gasteiger partial charge in [-0.2, -0.15) is 18.3 Å². The van der Waals surface area contributed by atoms with Crippen LogP contribution in [-0.4, -0.2) is 37.9 Å². The van der Waals surface area contributed by atoms with Gasteiger partial charge in [0.1, 0.15) is 10.2 Å². The van der Waals surface area contributed by atoms with Gasteiger partial charge in [-0.05, 0) is 33.8 Å². The molecule has 0 aromatic carbocycles. The zero-order chi connectivity index (χ0) is 20.8. The Morgan fingerprint density at radius 2 is 2.17 bits per heavy atom. The second kappa shape index (κ2) is 7.43. The predicted molar refractivity (Wildman–Crippen MR) is 103 cm³/mol. The summed E-state index contributed by atoms with van der Waals surface area (Å²) in [5.41, 5.74) is 1.56. The quantitative estimate of drug-likeness (QED) is 0.745. The summed E-state index contributed by atoms with van der Waals surface area (Å²) >= 11 is 3.27. The van der Waals surface area contributed by atoms with Gasteiger partial charge in [-0.15, -0.1) is 5.10 Å². The molecule has 154 valence electrons. The lowest BCUT2D eigenvalue weighted by Gasteiger charge is -2.29. The van der Waals surface area contributed by atoms with Gasteiger partial charge in [0.15, 0.2) is 0 Å². The average Bonchev–Trinajstić information content (AvgIpc) is 3.05. The number of aromatic nitrogens is 5. The summed E-state index contributed by atoms with van der Waals surface area (Å²) in [4.78, 5) is 13.7. The summed E-state index contributed by atoms with van der Waals surface area (Å²) in [6, 6.07) is 0. The van der Waals surface area contributed by atoms with Crippen LogP contribution in [0.25, 0.3) is 0 Å². The summed E-state index contributed by atoms with van der Waals surface area (Å²) in [5.74, 6) is 0.0481. The number of hydrogen-bond donors (Lipinski definition) is 1. The third-order valence-electron chi connectivity index (χ3n) is 5.18. The monoisotopic (exact) mass is 470 g/mol. The summed E-state index contributed by atoms with van der Waals surface area (Å²) in [6.07, 6.45) is 0.833. The first-order valence-electron chi connectivity index (χ1n) is 9.11. The van der Waals surface area contributed by atoms with Crippen molar-refractivity contribution in [2.45, 2.75) is 39.0 Å². The summed E-state index contributed by atoms with van der Waals surface area (Å²) < 4.78 is 42.1. The van der Waals surface area contributed by atoms with Gasteiger partial charge in [-0.25, -0.2) is 9.78 Å². The fraction of sp³-hybridized carbons (Fsp3) is 0.444. The van der Waals surface area contributed by atoms with Gasteiger partial charge in [0.2, 0.25) is 0 Å². The van der Waals surface area contributed by atoms with E-state index < -0.39 is 11.7 Å². The molecule has 1 aliphatic heterocycles. The molecule has 11 heteroatoms. The molecule has 2 aromatic heterocycles. The minimum absolute atomic E-state index is 0.0481. The minimum Gasteiger partial charge on any atom is -0.363 e. The molecule has 3 heterocycles. The Bertz CT molecular complexity index is 1050. The smallest absolute Gasteiger partial charge is 0.363 e. The van der Waals surface area contributed by atoms with Crippen molar-refractivity contribution in [3.8, 4) is 0 Å². The molecular weight excluding hydrogens is 453 g/mol. The molecule has 0 fully saturated rings. The van der Waals surface area contributed by atoms with Crippen molar-refractivity contribution < 1.29 is 13.2 Å². The number of hydrogen-bond acceptors (Lipinski definition) is 5. The first-order valence-corrected chi connectivity index (χ1v) is 9.90. The van der Waals surface area contributed by atoms with Gasteiger partial charge in [0, 0.05) is 13.0 Å². The minimum atomic E-state index is -4.39. The molecule has 4 rings (SSSR count). The highest BCUT2D eigenvalue weighted by atomic mass is 79.9. The van der Waals surface area contributed by atoms with Crippen LogP contribution in [-0.2, 0) is 19.5 Å². The number of allylic oxidation sites excluding steroid dienone is 4. The van der Waals surface area contributed by atoms with Crippen LogP contribution in [0.5, 0.6) is 0 Å². The van der Waals surface area contributed by atoms with E-state index in [1.54, 1.807) is 17.0 Å². The van der Waals surface area contributed by atoms with Gasteiger partial charge in [0.25, 0.3) is 5.56 Å². The van der Waals surface area contributed by atoms with Gasteiger partial charge >= 0.3 is 6.18 Å². The van der Waals surface area contributed by atoms with Crippen LogP contribution >= 0.6 is 15.9 Å². The van der Waals surface area contributed by atoms with Gasteiger partial charge < -0.3 is 4.90 Å². The number of anilines is 1. The SMILES string of the molecule is CC1C=CC(C(F)(F)F)=C(Cn2nnc3c2CCN(c2cn[nH]c(=O)c2Br)C3)C1. The molecule has 1 atom stereocenters. The molecule has 1 N–H and O–H groups in total. The molecule has 0 amide bonds. The zero-order valence-corrected chi connectivity index (χ0v) is 17.1. The molecule has 1 unspecified atom stereocenters. The van der Waals surface area contributed by atoms with Gasteiger partial charge in [-0.3, -0.25) is 4.79 Å². The second-order valence-electron chi connectivity index (χ2n) is 7.27. The lowest BCUT2D eigenvalue weighted by atomic mass is 9.90. The molecule has 2 aliphatic rings. The van der Waals surface area contributed by atoms with E-state index in [9.17, 15) is 18.0 Å². The Morgan fingerprint density at radius 3 is 2.93 bits per heavy atom. The number of halogens is 4. The normalized spacial score (nSPS) is 19.6. The number of nitrogens with zero attached hydrogens (tertiary/aromatic N) is 5. The highest BCUT2D eigenvalue weighted by Crippen LogP contribution is 2.36. The highest BCUT2D eigenvalue weighted by Gasteiger charge is 2.36. The number of aromatic amines is 1. The highest BCUT2D eigenvalue weighted by molar-refractivity contribution is 9.10. The Labute approximate surface area is 172 Å². The molecule has 0 spiro atoms. The maximum Gasteiger partial charge on any atom is 0.416 e. The Morgan fingerprint density at radius 1 is 1.38 bits per heavy atom. The third-order valence-corrected chi connectivity index (χ3v) is 5.95. The molecule has 7 nitrogen and oxygen atoms in total. The molecular formula is C18H18BrF3N6O. The summed E-state index contributed by atoms with van der Waals surface area (Å²) in [7, 11) is 0. The van der Waals surface area contributed by atoms with Crippen molar-refractivity contribution in [3.05, 3.63) is 55.7 Å². The van der Waals surface area contributed by atoms with E-state index in [0.717, 1.165) is 5.69 Å². The topological polar surface area (TPSA) is 79.7 Å². The first-order chi connectivity index (χ1) is 13.7. The van der Waals surface area contributed by atoms with E-state index >= 15 is 0 Å². The standard InChI is InChI=1S/C18H18BrF3N6O/c1-10-2-3-12(18(20,21)22)11(6-10)8-28-14-4-5-27(9-13(14)24-26-28)15-7-23-25-17(29)16(15)19/h2-3,7,10H,4-6,8-9H2,1H3,(H,25,29).